The molecule has 0 saturated carbocycles. The molecule has 1 aromatic rings. The van der Waals surface area contributed by atoms with Crippen molar-refractivity contribution in [2.75, 3.05) is 6.54 Å². The van der Waals surface area contributed by atoms with E-state index in [1.807, 2.05) is 0 Å². The minimum absolute atomic E-state index is 0.0972. The smallest absolute Gasteiger partial charge is 0.279 e. The van der Waals surface area contributed by atoms with Gasteiger partial charge in [-0.2, -0.15) is 13.2 Å². The van der Waals surface area contributed by atoms with Gasteiger partial charge in [-0.15, -0.1) is 0 Å². The summed E-state index contributed by atoms with van der Waals surface area (Å²) in [5.41, 5.74) is -1.14. The zero-order valence-corrected chi connectivity index (χ0v) is 10.5. The van der Waals surface area contributed by atoms with Gasteiger partial charge < -0.3 is 0 Å². The molecule has 20 heavy (non-hydrogen) atoms. The summed E-state index contributed by atoms with van der Waals surface area (Å²) < 4.78 is 39.1. The second kappa shape index (κ2) is 5.48. The number of rotatable bonds is 2. The van der Waals surface area contributed by atoms with Crippen LogP contribution in [0.15, 0.2) is 36.4 Å². The lowest BCUT2D eigenvalue weighted by molar-refractivity contribution is -0.139. The summed E-state index contributed by atoms with van der Waals surface area (Å²) in [6.45, 7) is 0.175. The molecule has 2 amide bonds. The molecule has 106 valence electrons. The summed E-state index contributed by atoms with van der Waals surface area (Å²) in [5, 5.41) is 0. The quantitative estimate of drug-likeness (QED) is 0.783. The zero-order chi connectivity index (χ0) is 14.8. The largest absolute Gasteiger partial charge is 0.417 e. The number of nitrogens with zero attached hydrogens (tertiary/aromatic N) is 1. The van der Waals surface area contributed by atoms with Crippen LogP contribution in [0.3, 0.4) is 0 Å². The third kappa shape index (κ3) is 3.07. The van der Waals surface area contributed by atoms with Gasteiger partial charge in [0.25, 0.3) is 5.91 Å². The third-order valence-electron chi connectivity index (χ3n) is 3.00. The van der Waals surface area contributed by atoms with Crippen LogP contribution < -0.4 is 0 Å². The Bertz CT molecular complexity index is 549. The molecular formula is C14H12F3NO2. The monoisotopic (exact) mass is 283 g/mol. The fourth-order valence-electron chi connectivity index (χ4n) is 2.03. The highest BCUT2D eigenvalue weighted by Gasteiger charge is 2.36. The van der Waals surface area contributed by atoms with Crippen molar-refractivity contribution < 1.29 is 22.8 Å². The van der Waals surface area contributed by atoms with Crippen LogP contribution in [0.2, 0.25) is 0 Å². The van der Waals surface area contributed by atoms with Crippen LogP contribution in [0.25, 0.3) is 5.57 Å². The highest BCUT2D eigenvalue weighted by molar-refractivity contribution is 6.05. The number of imide groups is 1. The molecule has 0 spiro atoms. The Labute approximate surface area is 113 Å². The average Bonchev–Trinajstić information content (AvgIpc) is 2.82. The van der Waals surface area contributed by atoms with E-state index in [9.17, 15) is 22.8 Å². The molecule has 0 bridgehead atoms. The van der Waals surface area contributed by atoms with Gasteiger partial charge in [0.15, 0.2) is 0 Å². The lowest BCUT2D eigenvalue weighted by Gasteiger charge is -2.15. The molecule has 0 aliphatic carbocycles. The molecule has 1 aliphatic heterocycles. The predicted octanol–water partition coefficient (Wildman–Crippen LogP) is 2.78. The topological polar surface area (TPSA) is 37.4 Å². The molecule has 1 saturated heterocycles. The van der Waals surface area contributed by atoms with Gasteiger partial charge in [-0.1, -0.05) is 30.3 Å². The molecule has 1 aliphatic rings. The summed E-state index contributed by atoms with van der Waals surface area (Å²) in [7, 11) is 0. The maximum absolute atomic E-state index is 13.0. The zero-order valence-electron chi connectivity index (χ0n) is 10.5. The number of likely N-dealkylation sites (tertiary alicyclic amines) is 1. The second-order valence-electron chi connectivity index (χ2n) is 4.41. The number of benzene rings is 1. The lowest BCUT2D eigenvalue weighted by Crippen LogP contribution is -2.31. The van der Waals surface area contributed by atoms with Crippen LogP contribution in [0.4, 0.5) is 13.2 Å². The maximum atomic E-state index is 13.0. The fraction of sp³-hybridized carbons (Fsp3) is 0.286. The van der Waals surface area contributed by atoms with Crippen molar-refractivity contribution in [1.82, 2.24) is 4.90 Å². The van der Waals surface area contributed by atoms with E-state index in [1.165, 1.54) is 24.3 Å². The maximum Gasteiger partial charge on any atom is 0.417 e. The summed E-state index contributed by atoms with van der Waals surface area (Å²) in [4.78, 5) is 24.0. The van der Waals surface area contributed by atoms with Crippen LogP contribution in [0.1, 0.15) is 18.4 Å². The van der Waals surface area contributed by atoms with E-state index in [0.717, 1.165) is 4.90 Å². The van der Waals surface area contributed by atoms with Crippen molar-refractivity contribution >= 4 is 17.4 Å². The van der Waals surface area contributed by atoms with Crippen LogP contribution in [-0.4, -0.2) is 29.4 Å². The molecule has 1 heterocycles. The van der Waals surface area contributed by atoms with Crippen LogP contribution >= 0.6 is 0 Å². The normalized spacial score (nSPS) is 16.6. The first-order valence-electron chi connectivity index (χ1n) is 6.08. The van der Waals surface area contributed by atoms with Crippen molar-refractivity contribution in [2.24, 2.45) is 0 Å². The Hall–Kier alpha value is -2.11. The second-order valence-corrected chi connectivity index (χ2v) is 4.41. The van der Waals surface area contributed by atoms with Crippen molar-refractivity contribution in [3.05, 3.63) is 42.0 Å². The highest BCUT2D eigenvalue weighted by Crippen LogP contribution is 2.34. The molecule has 1 aromatic carbocycles. The van der Waals surface area contributed by atoms with E-state index < -0.39 is 23.6 Å². The first-order valence-corrected chi connectivity index (χ1v) is 6.08. The van der Waals surface area contributed by atoms with Gasteiger partial charge in [-0.3, -0.25) is 14.5 Å². The summed E-state index contributed by atoms with van der Waals surface area (Å²) in [6, 6.07) is 7.06. The van der Waals surface area contributed by atoms with Gasteiger partial charge >= 0.3 is 6.18 Å². The van der Waals surface area contributed by atoms with E-state index in [0.29, 0.717) is 12.5 Å². The first-order chi connectivity index (χ1) is 9.39. The molecule has 2 rings (SSSR count). The number of hydrogen-bond donors (Lipinski definition) is 0. The fourth-order valence-corrected chi connectivity index (χ4v) is 2.03. The van der Waals surface area contributed by atoms with Crippen molar-refractivity contribution in [3.8, 4) is 0 Å². The van der Waals surface area contributed by atoms with E-state index in [-0.39, 0.29) is 18.5 Å². The highest BCUT2D eigenvalue weighted by atomic mass is 19.4. The van der Waals surface area contributed by atoms with Gasteiger partial charge in [-0.05, 0) is 12.0 Å². The average molecular weight is 283 g/mol. The first kappa shape index (κ1) is 14.3. The van der Waals surface area contributed by atoms with Crippen molar-refractivity contribution in [3.63, 3.8) is 0 Å². The number of allylic oxidation sites excluding steroid dienone is 1. The Morgan fingerprint density at radius 1 is 1.20 bits per heavy atom. The van der Waals surface area contributed by atoms with Crippen molar-refractivity contribution in [2.45, 2.75) is 19.0 Å². The standard InChI is InChI=1S/C14H12F3NO2/c15-14(16,17)11(10-5-2-1-3-6-10)9-13(20)18-8-4-7-12(18)19/h1-3,5-6,9H,4,7-8H2/b11-9-. The number of amides is 2. The summed E-state index contributed by atoms with van der Waals surface area (Å²) >= 11 is 0. The predicted molar refractivity (Wildman–Crippen MR) is 66.4 cm³/mol. The number of alkyl halides is 3. The molecule has 3 nitrogen and oxygen atoms in total. The molecule has 0 aromatic heterocycles. The summed E-state index contributed by atoms with van der Waals surface area (Å²) in [6.07, 6.45) is -3.46. The van der Waals surface area contributed by atoms with Gasteiger partial charge in [0, 0.05) is 19.0 Å². The van der Waals surface area contributed by atoms with E-state index in [4.69, 9.17) is 0 Å². The van der Waals surface area contributed by atoms with E-state index >= 15 is 0 Å². The van der Waals surface area contributed by atoms with Gasteiger partial charge in [0.1, 0.15) is 0 Å². The molecular weight excluding hydrogens is 271 g/mol. The lowest BCUT2D eigenvalue weighted by atomic mass is 10.0. The Morgan fingerprint density at radius 2 is 1.85 bits per heavy atom. The van der Waals surface area contributed by atoms with Gasteiger partial charge in [0.05, 0.1) is 5.57 Å². The Kier molecular flexibility index (Phi) is 3.92. The number of hydrogen-bond acceptors (Lipinski definition) is 2. The summed E-state index contributed by atoms with van der Waals surface area (Å²) in [5.74, 6) is -1.34. The number of carbonyl (C=O) groups excluding carboxylic acids is 2. The minimum atomic E-state index is -4.65. The molecule has 0 unspecified atom stereocenters. The molecule has 0 radical (unpaired) electrons. The number of carbonyl (C=O) groups is 2. The van der Waals surface area contributed by atoms with Gasteiger partial charge in [0.2, 0.25) is 5.91 Å². The molecule has 1 fully saturated rings. The molecule has 0 atom stereocenters. The molecule has 6 heteroatoms. The van der Waals surface area contributed by atoms with Crippen LogP contribution in [0, 0.1) is 0 Å². The van der Waals surface area contributed by atoms with Gasteiger partial charge in [-0.25, -0.2) is 0 Å². The number of halogens is 3. The van der Waals surface area contributed by atoms with Crippen molar-refractivity contribution in [1.29, 1.82) is 0 Å². The van der Waals surface area contributed by atoms with E-state index in [2.05, 4.69) is 0 Å². The van der Waals surface area contributed by atoms with Crippen LogP contribution in [0.5, 0.6) is 0 Å². The SMILES string of the molecule is O=C(/C=C(/c1ccccc1)C(F)(F)F)N1CCCC1=O. The third-order valence-corrected chi connectivity index (χ3v) is 3.00. The van der Waals surface area contributed by atoms with E-state index in [1.54, 1.807) is 6.07 Å². The molecule has 0 N–H and O–H groups in total. The Balaban J connectivity index is 2.35. The Morgan fingerprint density at radius 3 is 2.35 bits per heavy atom. The van der Waals surface area contributed by atoms with Crippen LogP contribution in [-0.2, 0) is 9.59 Å². The minimum Gasteiger partial charge on any atom is -0.279 e.